The molecule has 4 heteroatoms. The molecule has 23 heavy (non-hydrogen) atoms. The van der Waals surface area contributed by atoms with E-state index in [9.17, 15) is 0 Å². The topological polar surface area (TPSA) is 34.0 Å². The van der Waals surface area contributed by atoms with E-state index in [2.05, 4.69) is 66.1 Å². The molecule has 0 atom stereocenters. The van der Waals surface area contributed by atoms with Crippen molar-refractivity contribution < 1.29 is 0 Å². The van der Waals surface area contributed by atoms with Gasteiger partial charge in [0.1, 0.15) is 0 Å². The highest BCUT2D eigenvalue weighted by Gasteiger charge is 2.13. The summed E-state index contributed by atoms with van der Waals surface area (Å²) in [6, 6.07) is 11.3. The van der Waals surface area contributed by atoms with Gasteiger partial charge in [-0.3, -0.25) is 4.68 Å². The number of benzene rings is 1. The SMILES string of the molecule is Cc1ccc(N(Cc2cnc3c(c2)c(C)nn3C)C(C)C)cc1. The van der Waals surface area contributed by atoms with E-state index in [0.29, 0.717) is 6.04 Å². The molecule has 1 aromatic carbocycles. The van der Waals surface area contributed by atoms with Crippen LogP contribution in [0.15, 0.2) is 36.5 Å². The number of pyridine rings is 1. The number of hydrogen-bond donors (Lipinski definition) is 0. The molecule has 0 unspecified atom stereocenters. The molecule has 4 nitrogen and oxygen atoms in total. The van der Waals surface area contributed by atoms with Crippen molar-refractivity contribution in [1.82, 2.24) is 14.8 Å². The number of anilines is 1. The minimum Gasteiger partial charge on any atom is -0.365 e. The van der Waals surface area contributed by atoms with Crippen LogP contribution in [0.2, 0.25) is 0 Å². The van der Waals surface area contributed by atoms with Gasteiger partial charge >= 0.3 is 0 Å². The Morgan fingerprint density at radius 1 is 1.13 bits per heavy atom. The molecule has 0 aliphatic carbocycles. The van der Waals surface area contributed by atoms with Crippen molar-refractivity contribution >= 4 is 16.7 Å². The van der Waals surface area contributed by atoms with E-state index < -0.39 is 0 Å². The maximum atomic E-state index is 4.60. The molecule has 3 rings (SSSR count). The van der Waals surface area contributed by atoms with Crippen molar-refractivity contribution in [3.05, 3.63) is 53.3 Å². The molecular formula is C19H24N4. The van der Waals surface area contributed by atoms with Crippen LogP contribution in [0.5, 0.6) is 0 Å². The second-order valence-corrected chi connectivity index (χ2v) is 6.48. The van der Waals surface area contributed by atoms with Crippen LogP contribution in [-0.4, -0.2) is 20.8 Å². The third-order valence-corrected chi connectivity index (χ3v) is 4.26. The van der Waals surface area contributed by atoms with Crippen LogP contribution in [0.25, 0.3) is 11.0 Å². The molecule has 0 amide bonds. The molecule has 0 N–H and O–H groups in total. The first-order chi connectivity index (χ1) is 11.0. The molecule has 0 spiro atoms. The molecule has 0 saturated carbocycles. The molecule has 0 bridgehead atoms. The zero-order valence-electron chi connectivity index (χ0n) is 14.5. The predicted octanol–water partition coefficient (Wildman–Crippen LogP) is 4.00. The molecule has 0 radical (unpaired) electrons. The van der Waals surface area contributed by atoms with E-state index in [1.54, 1.807) is 0 Å². The van der Waals surface area contributed by atoms with E-state index in [-0.39, 0.29) is 0 Å². The Balaban J connectivity index is 1.94. The fraction of sp³-hybridized carbons (Fsp3) is 0.368. The lowest BCUT2D eigenvalue weighted by molar-refractivity contribution is 0.681. The third-order valence-electron chi connectivity index (χ3n) is 4.26. The minimum absolute atomic E-state index is 0.420. The van der Waals surface area contributed by atoms with E-state index in [1.807, 2.05) is 24.9 Å². The van der Waals surface area contributed by atoms with E-state index in [0.717, 1.165) is 23.3 Å². The molecular weight excluding hydrogens is 284 g/mol. The van der Waals surface area contributed by atoms with Gasteiger partial charge in [-0.25, -0.2) is 4.98 Å². The molecule has 0 fully saturated rings. The second kappa shape index (κ2) is 6.03. The first-order valence-electron chi connectivity index (χ1n) is 8.07. The van der Waals surface area contributed by atoms with Crippen LogP contribution in [-0.2, 0) is 13.6 Å². The van der Waals surface area contributed by atoms with Crippen molar-refractivity contribution in [2.24, 2.45) is 7.05 Å². The number of rotatable bonds is 4. The molecule has 2 heterocycles. The van der Waals surface area contributed by atoms with Gasteiger partial charge in [-0.1, -0.05) is 17.7 Å². The zero-order chi connectivity index (χ0) is 16.6. The van der Waals surface area contributed by atoms with Crippen molar-refractivity contribution in [1.29, 1.82) is 0 Å². The average molecular weight is 308 g/mol. The Hall–Kier alpha value is -2.36. The maximum Gasteiger partial charge on any atom is 0.157 e. The van der Waals surface area contributed by atoms with E-state index in [1.165, 1.54) is 16.8 Å². The average Bonchev–Trinajstić information content (AvgIpc) is 2.80. The molecule has 0 aliphatic heterocycles. The van der Waals surface area contributed by atoms with Gasteiger partial charge in [-0.2, -0.15) is 5.10 Å². The summed E-state index contributed by atoms with van der Waals surface area (Å²) in [6.45, 7) is 9.45. The van der Waals surface area contributed by atoms with Gasteiger partial charge in [-0.15, -0.1) is 0 Å². The van der Waals surface area contributed by atoms with Crippen molar-refractivity contribution in [3.63, 3.8) is 0 Å². The number of aromatic nitrogens is 3. The van der Waals surface area contributed by atoms with Crippen molar-refractivity contribution in [2.45, 2.75) is 40.3 Å². The van der Waals surface area contributed by atoms with Crippen LogP contribution in [0.3, 0.4) is 0 Å². The summed E-state index contributed by atoms with van der Waals surface area (Å²) in [7, 11) is 1.94. The van der Waals surface area contributed by atoms with E-state index in [4.69, 9.17) is 0 Å². The monoisotopic (exact) mass is 308 g/mol. The van der Waals surface area contributed by atoms with Crippen LogP contribution < -0.4 is 4.90 Å². The van der Waals surface area contributed by atoms with Crippen LogP contribution in [0.1, 0.15) is 30.7 Å². The number of hydrogen-bond acceptors (Lipinski definition) is 3. The summed E-state index contributed by atoms with van der Waals surface area (Å²) in [4.78, 5) is 6.99. The Labute approximate surface area is 137 Å². The first kappa shape index (κ1) is 15.5. The van der Waals surface area contributed by atoms with Crippen LogP contribution >= 0.6 is 0 Å². The highest BCUT2D eigenvalue weighted by Crippen LogP contribution is 2.23. The lowest BCUT2D eigenvalue weighted by atomic mass is 10.1. The second-order valence-electron chi connectivity index (χ2n) is 6.48. The standard InChI is InChI=1S/C19H24N4/c1-13(2)23(17-8-6-14(3)7-9-17)12-16-10-18-15(4)21-22(5)19(18)20-11-16/h6-11,13H,12H2,1-5H3. The Bertz CT molecular complexity index is 815. The summed E-state index contributed by atoms with van der Waals surface area (Å²) in [5, 5.41) is 5.59. The third kappa shape index (κ3) is 3.07. The summed E-state index contributed by atoms with van der Waals surface area (Å²) in [5.41, 5.74) is 5.71. The lowest BCUT2D eigenvalue weighted by Gasteiger charge is -2.29. The number of nitrogens with zero attached hydrogens (tertiary/aromatic N) is 4. The Morgan fingerprint density at radius 2 is 1.83 bits per heavy atom. The fourth-order valence-corrected chi connectivity index (χ4v) is 2.94. The van der Waals surface area contributed by atoms with Gasteiger partial charge in [-0.05, 0) is 51.5 Å². The molecule has 3 aromatic rings. The smallest absolute Gasteiger partial charge is 0.157 e. The minimum atomic E-state index is 0.420. The molecule has 0 aliphatic rings. The number of aryl methyl sites for hydroxylation is 3. The highest BCUT2D eigenvalue weighted by molar-refractivity contribution is 5.78. The predicted molar refractivity (Wildman–Crippen MR) is 95.7 cm³/mol. The van der Waals surface area contributed by atoms with Gasteiger partial charge in [0.05, 0.1) is 5.69 Å². The van der Waals surface area contributed by atoms with Gasteiger partial charge in [0.2, 0.25) is 0 Å². The first-order valence-corrected chi connectivity index (χ1v) is 8.07. The highest BCUT2D eigenvalue weighted by atomic mass is 15.3. The lowest BCUT2D eigenvalue weighted by Crippen LogP contribution is -2.30. The fourth-order valence-electron chi connectivity index (χ4n) is 2.94. The van der Waals surface area contributed by atoms with Crippen molar-refractivity contribution in [3.8, 4) is 0 Å². The number of fused-ring (bicyclic) bond motifs is 1. The van der Waals surface area contributed by atoms with Gasteiger partial charge in [0.15, 0.2) is 5.65 Å². The summed E-state index contributed by atoms with van der Waals surface area (Å²) in [5.74, 6) is 0. The van der Waals surface area contributed by atoms with Gasteiger partial charge < -0.3 is 4.90 Å². The quantitative estimate of drug-likeness (QED) is 0.730. The molecule has 2 aromatic heterocycles. The largest absolute Gasteiger partial charge is 0.365 e. The molecule has 0 saturated heterocycles. The Kier molecular flexibility index (Phi) is 4.07. The summed E-state index contributed by atoms with van der Waals surface area (Å²) in [6.07, 6.45) is 1.97. The van der Waals surface area contributed by atoms with Crippen molar-refractivity contribution in [2.75, 3.05) is 4.90 Å². The van der Waals surface area contributed by atoms with Gasteiger partial charge in [0, 0.05) is 36.9 Å². The maximum absolute atomic E-state index is 4.60. The zero-order valence-corrected chi connectivity index (χ0v) is 14.5. The van der Waals surface area contributed by atoms with Crippen LogP contribution in [0, 0.1) is 13.8 Å². The molecule has 120 valence electrons. The van der Waals surface area contributed by atoms with E-state index >= 15 is 0 Å². The summed E-state index contributed by atoms with van der Waals surface area (Å²) < 4.78 is 1.84. The normalized spacial score (nSPS) is 11.4. The van der Waals surface area contributed by atoms with Crippen LogP contribution in [0.4, 0.5) is 5.69 Å². The summed E-state index contributed by atoms with van der Waals surface area (Å²) >= 11 is 0. The Morgan fingerprint density at radius 3 is 2.48 bits per heavy atom. The van der Waals surface area contributed by atoms with Gasteiger partial charge in [0.25, 0.3) is 0 Å².